The Balaban J connectivity index is 1.19. The van der Waals surface area contributed by atoms with Gasteiger partial charge in [0.1, 0.15) is 11.2 Å². The molecule has 2 atom stereocenters. The first-order chi connectivity index (χ1) is 18.0. The van der Waals surface area contributed by atoms with Crippen LogP contribution in [0.1, 0.15) is 43.9 Å². The highest BCUT2D eigenvalue weighted by Crippen LogP contribution is 2.44. The lowest BCUT2D eigenvalue weighted by molar-refractivity contribution is -0.124. The van der Waals surface area contributed by atoms with Crippen LogP contribution in [0.2, 0.25) is 0 Å². The fourth-order valence-electron chi connectivity index (χ4n) is 5.75. The molecule has 0 N–H and O–H groups in total. The lowest BCUT2D eigenvalue weighted by Gasteiger charge is -2.24. The van der Waals surface area contributed by atoms with Gasteiger partial charge in [-0.25, -0.2) is 13.9 Å². The number of ether oxygens (including phenoxy) is 2. The first-order valence-electron chi connectivity index (χ1n) is 12.7. The summed E-state index contributed by atoms with van der Waals surface area (Å²) in [6, 6.07) is 12.9. The number of fused-ring (bicyclic) bond motifs is 1. The molecule has 0 saturated carbocycles. The molecule has 3 fully saturated rings. The number of rotatable bonds is 4. The highest BCUT2D eigenvalue weighted by Gasteiger charge is 2.52. The van der Waals surface area contributed by atoms with E-state index in [-0.39, 0.29) is 31.0 Å². The molecule has 8 nitrogen and oxygen atoms in total. The van der Waals surface area contributed by atoms with Crippen LogP contribution in [0.3, 0.4) is 0 Å². The zero-order valence-corrected chi connectivity index (χ0v) is 22.0. The van der Waals surface area contributed by atoms with Crippen LogP contribution in [0.4, 0.5) is 14.9 Å². The Labute approximate surface area is 222 Å². The van der Waals surface area contributed by atoms with Crippen LogP contribution in [0.25, 0.3) is 10.9 Å². The van der Waals surface area contributed by atoms with Gasteiger partial charge in [-0.3, -0.25) is 4.79 Å². The first-order valence-corrected chi connectivity index (χ1v) is 13.5. The number of hydrogen-bond acceptors (Lipinski definition) is 5. The number of nitrogens with zero attached hydrogens (tertiary/aromatic N) is 4. The van der Waals surface area contributed by atoms with Crippen molar-refractivity contribution in [1.82, 2.24) is 14.7 Å². The molecule has 4 heterocycles. The molecule has 10 heteroatoms. The Hall–Kier alpha value is -2.98. The number of halogens is 2. The number of likely N-dealkylation sites (tertiary alicyclic amines) is 1. The van der Waals surface area contributed by atoms with Crippen molar-refractivity contribution in [2.24, 2.45) is 5.41 Å². The molecule has 1 spiro atoms. The minimum atomic E-state index is -0.718. The number of anilines is 1. The Bertz CT molecular complexity index is 1340. The predicted octanol–water partition coefficient (Wildman–Crippen LogP) is 5.40. The third-order valence-electron chi connectivity index (χ3n) is 7.80. The summed E-state index contributed by atoms with van der Waals surface area (Å²) in [7, 11) is 0. The minimum Gasteiger partial charge on any atom is -0.445 e. The van der Waals surface area contributed by atoms with Crippen LogP contribution >= 0.6 is 15.9 Å². The highest BCUT2D eigenvalue weighted by molar-refractivity contribution is 9.10. The third kappa shape index (κ3) is 4.29. The zero-order valence-electron chi connectivity index (χ0n) is 20.4. The molecule has 6 rings (SSSR count). The van der Waals surface area contributed by atoms with Gasteiger partial charge in [0.05, 0.1) is 22.0 Å². The Morgan fingerprint density at radius 2 is 1.97 bits per heavy atom. The van der Waals surface area contributed by atoms with E-state index in [1.54, 1.807) is 15.6 Å². The minimum absolute atomic E-state index is 0.150. The van der Waals surface area contributed by atoms with Gasteiger partial charge in [-0.05, 0) is 65.7 Å². The van der Waals surface area contributed by atoms with Crippen LogP contribution in [0.15, 0.2) is 47.1 Å². The molecule has 3 aliphatic rings. The molecule has 3 aromatic rings. The van der Waals surface area contributed by atoms with E-state index in [1.165, 1.54) is 4.90 Å². The van der Waals surface area contributed by atoms with Gasteiger partial charge in [-0.15, -0.1) is 0 Å². The summed E-state index contributed by atoms with van der Waals surface area (Å²) in [5.74, 6) is -0.628. The first kappa shape index (κ1) is 24.4. The van der Waals surface area contributed by atoms with Crippen molar-refractivity contribution in [2.45, 2.75) is 44.9 Å². The van der Waals surface area contributed by atoms with Gasteiger partial charge < -0.3 is 19.3 Å². The molecule has 2 amide bonds. The quantitative estimate of drug-likeness (QED) is 0.419. The van der Waals surface area contributed by atoms with Crippen molar-refractivity contribution in [3.63, 3.8) is 0 Å². The number of benzene rings is 2. The molecule has 37 heavy (non-hydrogen) atoms. The van der Waals surface area contributed by atoms with Crippen molar-refractivity contribution < 1.29 is 23.5 Å². The van der Waals surface area contributed by atoms with E-state index in [1.807, 2.05) is 36.4 Å². The molecule has 1 unspecified atom stereocenters. The van der Waals surface area contributed by atoms with Gasteiger partial charge in [-0.1, -0.05) is 30.3 Å². The third-order valence-corrected chi connectivity index (χ3v) is 8.35. The Kier molecular flexibility index (Phi) is 6.40. The van der Waals surface area contributed by atoms with E-state index in [9.17, 15) is 9.59 Å². The second kappa shape index (κ2) is 9.72. The molecule has 0 aliphatic carbocycles. The van der Waals surface area contributed by atoms with Gasteiger partial charge in [0.15, 0.2) is 12.0 Å². The summed E-state index contributed by atoms with van der Waals surface area (Å²) in [4.78, 5) is 29.4. The van der Waals surface area contributed by atoms with E-state index in [4.69, 9.17) is 9.47 Å². The van der Waals surface area contributed by atoms with Gasteiger partial charge in [0.2, 0.25) is 5.91 Å². The molecule has 0 radical (unpaired) electrons. The topological polar surface area (TPSA) is 76.9 Å². The second-order valence-electron chi connectivity index (χ2n) is 10.0. The number of amides is 2. The standard InChI is InChI=1S/C27H28BrFN4O4/c28-24-22-19(33(30-24)21-8-4-5-15-36-21)9-10-20(23(22)29)32-14-12-27(25(32)34)11-13-31(17-27)26(35)37-16-18-6-2-1-3-7-18/h1-3,6-7,9-10,21H,4-5,8,11-17H2/t21?,27-/m0/s1. The van der Waals surface area contributed by atoms with Crippen molar-refractivity contribution >= 4 is 44.5 Å². The average molecular weight is 571 g/mol. The van der Waals surface area contributed by atoms with Crippen molar-refractivity contribution in [3.05, 3.63) is 58.4 Å². The maximum atomic E-state index is 15.9. The molecule has 0 bridgehead atoms. The zero-order chi connectivity index (χ0) is 25.6. The molecule has 1 aromatic heterocycles. The summed E-state index contributed by atoms with van der Waals surface area (Å²) in [5, 5.41) is 4.85. The highest BCUT2D eigenvalue weighted by atomic mass is 79.9. The van der Waals surface area contributed by atoms with Crippen LogP contribution in [0.5, 0.6) is 0 Å². The SMILES string of the molecule is O=C(OCc1ccccc1)N1CC[C@]2(CCN(c3ccc4c(c(Br)nn4C4CCCCO4)c3F)C2=O)C1. The molecular weight excluding hydrogens is 543 g/mol. The average Bonchev–Trinajstić information content (AvgIpc) is 3.61. The largest absolute Gasteiger partial charge is 0.445 e. The smallest absolute Gasteiger partial charge is 0.410 e. The van der Waals surface area contributed by atoms with Crippen LogP contribution < -0.4 is 4.90 Å². The van der Waals surface area contributed by atoms with Gasteiger partial charge >= 0.3 is 6.09 Å². The lowest BCUT2D eigenvalue weighted by Crippen LogP contribution is -2.38. The Morgan fingerprint density at radius 1 is 1.16 bits per heavy atom. The molecular formula is C27H28BrFN4O4. The van der Waals surface area contributed by atoms with E-state index >= 15 is 4.39 Å². The van der Waals surface area contributed by atoms with Crippen molar-refractivity contribution in [3.8, 4) is 0 Å². The summed E-state index contributed by atoms with van der Waals surface area (Å²) >= 11 is 3.42. The summed E-state index contributed by atoms with van der Waals surface area (Å²) in [6.45, 7) is 1.95. The van der Waals surface area contributed by atoms with E-state index < -0.39 is 17.3 Å². The van der Waals surface area contributed by atoms with E-state index in [2.05, 4.69) is 21.0 Å². The lowest BCUT2D eigenvalue weighted by atomic mass is 9.85. The molecule has 3 aliphatic heterocycles. The van der Waals surface area contributed by atoms with Gasteiger partial charge in [0, 0.05) is 26.2 Å². The second-order valence-corrected chi connectivity index (χ2v) is 10.8. The van der Waals surface area contributed by atoms with Crippen LogP contribution in [-0.2, 0) is 20.9 Å². The van der Waals surface area contributed by atoms with E-state index in [0.717, 1.165) is 24.8 Å². The maximum absolute atomic E-state index is 15.9. The summed E-state index contributed by atoms with van der Waals surface area (Å²) in [6.07, 6.45) is 3.30. The fraction of sp³-hybridized carbons (Fsp3) is 0.444. The van der Waals surface area contributed by atoms with Crippen molar-refractivity contribution in [2.75, 3.05) is 31.1 Å². The number of carbonyl (C=O) groups is 2. The normalized spacial score (nSPS) is 23.9. The van der Waals surface area contributed by atoms with Crippen LogP contribution in [-0.4, -0.2) is 52.9 Å². The van der Waals surface area contributed by atoms with Gasteiger partial charge in [-0.2, -0.15) is 5.10 Å². The molecule has 2 aromatic carbocycles. The predicted molar refractivity (Wildman–Crippen MR) is 138 cm³/mol. The van der Waals surface area contributed by atoms with Crippen LogP contribution in [0, 0.1) is 11.2 Å². The summed E-state index contributed by atoms with van der Waals surface area (Å²) in [5.41, 5.74) is 1.06. The molecule has 194 valence electrons. The van der Waals surface area contributed by atoms with Crippen molar-refractivity contribution in [1.29, 1.82) is 0 Å². The molecule has 3 saturated heterocycles. The number of carbonyl (C=O) groups excluding carboxylic acids is 2. The number of hydrogen-bond donors (Lipinski definition) is 0. The summed E-state index contributed by atoms with van der Waals surface area (Å²) < 4.78 is 29.3. The number of aromatic nitrogens is 2. The maximum Gasteiger partial charge on any atom is 0.410 e. The Morgan fingerprint density at radius 3 is 2.76 bits per heavy atom. The van der Waals surface area contributed by atoms with Gasteiger partial charge in [0.25, 0.3) is 0 Å². The monoisotopic (exact) mass is 570 g/mol. The fourth-order valence-corrected chi connectivity index (χ4v) is 6.30. The van der Waals surface area contributed by atoms with E-state index in [0.29, 0.717) is 48.0 Å².